The number of nitrogens with one attached hydrogen (secondary N) is 1. The second-order valence-corrected chi connectivity index (χ2v) is 8.75. The molecule has 0 spiro atoms. The first-order valence-electron chi connectivity index (χ1n) is 9.98. The fourth-order valence-corrected chi connectivity index (χ4v) is 4.48. The third-order valence-corrected chi connectivity index (χ3v) is 5.89. The van der Waals surface area contributed by atoms with E-state index in [4.69, 9.17) is 15.1 Å². The van der Waals surface area contributed by atoms with E-state index in [0.717, 1.165) is 16.1 Å². The quantitative estimate of drug-likeness (QED) is 0.523. The Kier molecular flexibility index (Phi) is 5.61. The number of benzene rings is 2. The largest absolute Gasteiger partial charge is 0.510 e. The van der Waals surface area contributed by atoms with E-state index in [0.29, 0.717) is 21.8 Å². The summed E-state index contributed by atoms with van der Waals surface area (Å²) in [7, 11) is 0. The van der Waals surface area contributed by atoms with Gasteiger partial charge in [-0.2, -0.15) is 0 Å². The van der Waals surface area contributed by atoms with Gasteiger partial charge in [0.1, 0.15) is 16.6 Å². The van der Waals surface area contributed by atoms with Crippen LogP contribution in [-0.2, 0) is 4.74 Å². The monoisotopic (exact) mass is 433 g/mol. The van der Waals surface area contributed by atoms with Crippen LogP contribution in [0.3, 0.4) is 0 Å². The van der Waals surface area contributed by atoms with Crippen molar-refractivity contribution >= 4 is 34.4 Å². The van der Waals surface area contributed by atoms with Crippen LogP contribution < -0.4 is 4.90 Å². The van der Waals surface area contributed by atoms with Gasteiger partial charge in [-0.1, -0.05) is 36.4 Å². The van der Waals surface area contributed by atoms with Gasteiger partial charge in [-0.25, -0.2) is 9.78 Å². The van der Waals surface area contributed by atoms with Gasteiger partial charge in [-0.3, -0.25) is 5.41 Å². The summed E-state index contributed by atoms with van der Waals surface area (Å²) in [4.78, 5) is 19.7. The van der Waals surface area contributed by atoms with Crippen molar-refractivity contribution in [2.24, 2.45) is 0 Å². The molecule has 2 N–H and O–H groups in total. The predicted octanol–water partition coefficient (Wildman–Crippen LogP) is 5.45. The Morgan fingerprint density at radius 1 is 1.19 bits per heavy atom. The molecule has 2 aromatic carbocycles. The van der Waals surface area contributed by atoms with E-state index in [2.05, 4.69) is 0 Å². The second-order valence-electron chi connectivity index (χ2n) is 7.55. The summed E-state index contributed by atoms with van der Waals surface area (Å²) in [5, 5.41) is 20.0. The number of aryl methyl sites for hydroxylation is 1. The molecule has 0 amide bonds. The van der Waals surface area contributed by atoms with E-state index >= 15 is 0 Å². The Morgan fingerprint density at radius 3 is 2.65 bits per heavy atom. The lowest BCUT2D eigenvalue weighted by Crippen LogP contribution is -2.26. The summed E-state index contributed by atoms with van der Waals surface area (Å²) in [5.74, 6) is -0.170. The molecule has 0 atom stereocenters. The van der Waals surface area contributed by atoms with Gasteiger partial charge in [0.15, 0.2) is 0 Å². The Balaban J connectivity index is 1.62. The molecule has 0 bridgehead atoms. The third-order valence-electron chi connectivity index (χ3n) is 4.90. The number of ether oxygens (including phenoxy) is 1. The summed E-state index contributed by atoms with van der Waals surface area (Å²) >= 11 is 1.46. The number of aromatic nitrogens is 1. The number of rotatable bonds is 5. The molecule has 3 aromatic rings. The molecule has 1 aliphatic rings. The lowest BCUT2D eigenvalue weighted by molar-refractivity contribution is 0.0378. The zero-order chi connectivity index (χ0) is 22.1. The lowest BCUT2D eigenvalue weighted by atomic mass is 10.1. The van der Waals surface area contributed by atoms with Crippen molar-refractivity contribution in [3.05, 3.63) is 75.8 Å². The van der Waals surface area contributed by atoms with Gasteiger partial charge in [0.05, 0.1) is 29.5 Å². The van der Waals surface area contributed by atoms with Crippen LogP contribution in [0, 0.1) is 12.3 Å². The van der Waals surface area contributed by atoms with Crippen molar-refractivity contribution in [1.29, 1.82) is 5.41 Å². The number of hydrogen-bond acceptors (Lipinski definition) is 6. The van der Waals surface area contributed by atoms with Gasteiger partial charge in [0.2, 0.25) is 0 Å². The average Bonchev–Trinajstić information content (AvgIpc) is 3.27. The van der Waals surface area contributed by atoms with E-state index in [1.54, 1.807) is 43.0 Å². The Morgan fingerprint density at radius 2 is 1.94 bits per heavy atom. The molecule has 1 aliphatic heterocycles. The van der Waals surface area contributed by atoms with Gasteiger partial charge in [0.25, 0.3) is 0 Å². The van der Waals surface area contributed by atoms with Crippen molar-refractivity contribution in [3.8, 4) is 11.3 Å². The molecule has 1 aromatic heterocycles. The van der Waals surface area contributed by atoms with Crippen LogP contribution in [0.4, 0.5) is 5.69 Å². The fourth-order valence-electron chi connectivity index (χ4n) is 3.47. The first-order chi connectivity index (χ1) is 14.8. The summed E-state index contributed by atoms with van der Waals surface area (Å²) in [5.41, 5.74) is 3.32. The SMILES string of the molecule is Cc1sc(C2=C(O)CN(c3cccc(C(=O)OC(C)C)c3)C2=N)nc1-c1ccccc1. The minimum absolute atomic E-state index is 0.0912. The highest BCUT2D eigenvalue weighted by molar-refractivity contribution is 7.13. The Hall–Kier alpha value is -3.45. The fraction of sp³-hybridized carbons (Fsp3) is 0.208. The molecule has 0 radical (unpaired) electrons. The smallest absolute Gasteiger partial charge is 0.338 e. The molecule has 0 unspecified atom stereocenters. The molecule has 7 heteroatoms. The number of esters is 1. The number of amidine groups is 1. The highest BCUT2D eigenvalue weighted by atomic mass is 32.1. The topological polar surface area (TPSA) is 86.5 Å². The molecule has 0 saturated heterocycles. The van der Waals surface area contributed by atoms with Gasteiger partial charge in [-0.05, 0) is 39.0 Å². The third kappa shape index (κ3) is 4.09. The van der Waals surface area contributed by atoms with Crippen LogP contribution in [0.5, 0.6) is 0 Å². The van der Waals surface area contributed by atoms with Crippen molar-refractivity contribution in [1.82, 2.24) is 4.98 Å². The first kappa shape index (κ1) is 20.8. The van der Waals surface area contributed by atoms with Gasteiger partial charge >= 0.3 is 5.97 Å². The maximum Gasteiger partial charge on any atom is 0.338 e. The van der Waals surface area contributed by atoms with Crippen molar-refractivity contribution in [2.75, 3.05) is 11.4 Å². The van der Waals surface area contributed by atoms with E-state index < -0.39 is 5.97 Å². The molecular weight excluding hydrogens is 410 g/mol. The standard InChI is InChI=1S/C24H23N3O3S/c1-14(2)30-24(29)17-10-7-11-18(12-17)27-13-19(28)20(22(27)25)23-26-21(15(3)31-23)16-8-5-4-6-9-16/h4-12,14,25,28H,13H2,1-3H3. The van der Waals surface area contributed by atoms with Gasteiger partial charge < -0.3 is 14.7 Å². The first-order valence-corrected chi connectivity index (χ1v) is 10.8. The van der Waals surface area contributed by atoms with Crippen LogP contribution in [-0.4, -0.2) is 34.5 Å². The number of anilines is 1. The Bertz CT molecular complexity index is 1180. The highest BCUT2D eigenvalue weighted by Gasteiger charge is 2.32. The molecule has 0 aliphatic carbocycles. The van der Waals surface area contributed by atoms with Crippen LogP contribution in [0.25, 0.3) is 16.8 Å². The maximum absolute atomic E-state index is 12.3. The number of hydrogen-bond donors (Lipinski definition) is 2. The lowest BCUT2D eigenvalue weighted by Gasteiger charge is -2.19. The van der Waals surface area contributed by atoms with E-state index in [9.17, 15) is 9.90 Å². The van der Waals surface area contributed by atoms with E-state index in [1.165, 1.54) is 11.3 Å². The minimum Gasteiger partial charge on any atom is -0.510 e. The van der Waals surface area contributed by atoms with Gasteiger partial charge in [0, 0.05) is 16.1 Å². The molecule has 6 nitrogen and oxygen atoms in total. The normalized spacial score (nSPS) is 13.9. The summed E-state index contributed by atoms with van der Waals surface area (Å²) in [6.07, 6.45) is -0.217. The molecule has 31 heavy (non-hydrogen) atoms. The van der Waals surface area contributed by atoms with Crippen LogP contribution >= 0.6 is 11.3 Å². The van der Waals surface area contributed by atoms with Crippen molar-refractivity contribution in [3.63, 3.8) is 0 Å². The molecule has 4 rings (SSSR count). The number of thiazole rings is 1. The average molecular weight is 434 g/mol. The number of aliphatic hydroxyl groups is 1. The molecule has 158 valence electrons. The number of carbonyl (C=O) groups excluding carboxylic acids is 1. The van der Waals surface area contributed by atoms with E-state index in [1.807, 2.05) is 37.3 Å². The maximum atomic E-state index is 12.3. The Labute approximate surface area is 185 Å². The molecule has 2 heterocycles. The zero-order valence-electron chi connectivity index (χ0n) is 17.5. The van der Waals surface area contributed by atoms with Crippen molar-refractivity contribution in [2.45, 2.75) is 26.9 Å². The van der Waals surface area contributed by atoms with Crippen molar-refractivity contribution < 1.29 is 14.6 Å². The predicted molar refractivity (Wildman–Crippen MR) is 124 cm³/mol. The molecule has 0 saturated carbocycles. The molecular formula is C24H23N3O3S. The zero-order valence-corrected chi connectivity index (χ0v) is 18.4. The van der Waals surface area contributed by atoms with Crippen LogP contribution in [0.15, 0.2) is 60.4 Å². The van der Waals surface area contributed by atoms with Crippen LogP contribution in [0.1, 0.15) is 34.1 Å². The summed E-state index contributed by atoms with van der Waals surface area (Å²) in [6, 6.07) is 16.8. The van der Waals surface area contributed by atoms with Gasteiger partial charge in [-0.15, -0.1) is 11.3 Å². The second kappa shape index (κ2) is 8.35. The molecule has 0 fully saturated rings. The van der Waals surface area contributed by atoms with Crippen LogP contribution in [0.2, 0.25) is 0 Å². The summed E-state index contributed by atoms with van der Waals surface area (Å²) in [6.45, 7) is 5.73. The number of aliphatic hydroxyl groups excluding tert-OH is 1. The van der Waals surface area contributed by atoms with E-state index in [-0.39, 0.29) is 24.2 Å². The number of nitrogens with zero attached hydrogens (tertiary/aromatic N) is 2. The minimum atomic E-state index is -0.414. The highest BCUT2D eigenvalue weighted by Crippen LogP contribution is 2.36. The number of carbonyl (C=O) groups is 1. The summed E-state index contributed by atoms with van der Waals surface area (Å²) < 4.78 is 5.27.